The maximum absolute atomic E-state index is 9.18. The lowest BCUT2D eigenvalue weighted by molar-refractivity contribution is 0.241. The second kappa shape index (κ2) is 11.4. The number of anilines is 1. The van der Waals surface area contributed by atoms with Gasteiger partial charge in [-0.2, -0.15) is 0 Å². The quantitative estimate of drug-likeness (QED) is 0.385. The summed E-state index contributed by atoms with van der Waals surface area (Å²) in [7, 11) is 1.72. The van der Waals surface area contributed by atoms with Crippen molar-refractivity contribution in [1.82, 2.24) is 10.2 Å². The van der Waals surface area contributed by atoms with Gasteiger partial charge in [0, 0.05) is 45.9 Å². The van der Waals surface area contributed by atoms with E-state index in [0.29, 0.717) is 6.54 Å². The number of aliphatic hydroxyl groups excluding tert-OH is 1. The molecule has 1 aliphatic heterocycles. The molecule has 1 aromatic rings. The maximum Gasteiger partial charge on any atom is 0.194 e. The Hall–Kier alpha value is -1.22. The molecule has 1 fully saturated rings. The molecule has 0 aliphatic carbocycles. The van der Waals surface area contributed by atoms with E-state index in [4.69, 9.17) is 4.74 Å². The summed E-state index contributed by atoms with van der Waals surface area (Å²) in [5.41, 5.74) is 1.15. The summed E-state index contributed by atoms with van der Waals surface area (Å²) in [5, 5.41) is 12.5. The number of halogens is 1. The molecule has 2 N–H and O–H groups in total. The predicted molar refractivity (Wildman–Crippen MR) is 114 cm³/mol. The number of aliphatic hydroxyl groups is 1. The minimum Gasteiger partial charge on any atom is -0.495 e. The predicted octanol–water partition coefficient (Wildman–Crippen LogP) is 2.03. The van der Waals surface area contributed by atoms with Gasteiger partial charge in [-0.05, 0) is 25.0 Å². The van der Waals surface area contributed by atoms with Crippen LogP contribution in [0.5, 0.6) is 5.75 Å². The number of para-hydroxylation sites is 2. The zero-order valence-corrected chi connectivity index (χ0v) is 17.8. The SMILES string of the molecule is CCNC(=NCC(C)CO)N1CCN(c2ccccc2OC)CC1.I. The second-order valence-corrected chi connectivity index (χ2v) is 6.13. The van der Waals surface area contributed by atoms with Crippen molar-refractivity contribution in [3.63, 3.8) is 0 Å². The Morgan fingerprint density at radius 3 is 2.56 bits per heavy atom. The van der Waals surface area contributed by atoms with Crippen LogP contribution in [0.4, 0.5) is 5.69 Å². The van der Waals surface area contributed by atoms with Crippen molar-refractivity contribution in [3.05, 3.63) is 24.3 Å². The van der Waals surface area contributed by atoms with Crippen LogP contribution in [-0.2, 0) is 0 Å². The second-order valence-electron chi connectivity index (χ2n) is 6.13. The van der Waals surface area contributed by atoms with Crippen molar-refractivity contribution < 1.29 is 9.84 Å². The monoisotopic (exact) mass is 462 g/mol. The highest BCUT2D eigenvalue weighted by Crippen LogP contribution is 2.28. The Bertz CT molecular complexity index is 534. The maximum atomic E-state index is 9.18. The lowest BCUT2D eigenvalue weighted by atomic mass is 10.2. The van der Waals surface area contributed by atoms with Gasteiger partial charge in [-0.25, -0.2) is 0 Å². The summed E-state index contributed by atoms with van der Waals surface area (Å²) in [4.78, 5) is 9.32. The molecule has 0 spiro atoms. The number of aliphatic imine (C=N–C) groups is 1. The lowest BCUT2D eigenvalue weighted by Crippen LogP contribution is -2.52. The summed E-state index contributed by atoms with van der Waals surface area (Å²) >= 11 is 0. The molecule has 2 rings (SSSR count). The van der Waals surface area contributed by atoms with Gasteiger partial charge in [-0.1, -0.05) is 19.1 Å². The van der Waals surface area contributed by atoms with Crippen LogP contribution in [0.1, 0.15) is 13.8 Å². The summed E-state index contributed by atoms with van der Waals surface area (Å²) in [5.74, 6) is 2.05. The van der Waals surface area contributed by atoms with E-state index in [1.807, 2.05) is 25.1 Å². The van der Waals surface area contributed by atoms with E-state index in [1.165, 1.54) is 0 Å². The number of guanidine groups is 1. The molecule has 7 heteroatoms. The van der Waals surface area contributed by atoms with Gasteiger partial charge in [0.1, 0.15) is 5.75 Å². The number of hydrogen-bond donors (Lipinski definition) is 2. The first-order valence-electron chi connectivity index (χ1n) is 8.71. The van der Waals surface area contributed by atoms with Crippen molar-refractivity contribution in [2.45, 2.75) is 13.8 Å². The number of piperazine rings is 1. The first-order valence-corrected chi connectivity index (χ1v) is 8.71. The van der Waals surface area contributed by atoms with Crippen molar-refractivity contribution in [3.8, 4) is 5.75 Å². The summed E-state index contributed by atoms with van der Waals surface area (Å²) in [6.07, 6.45) is 0. The fourth-order valence-corrected chi connectivity index (χ4v) is 2.78. The fraction of sp³-hybridized carbons (Fsp3) is 0.611. The molecule has 0 amide bonds. The van der Waals surface area contributed by atoms with Crippen LogP contribution in [0.3, 0.4) is 0 Å². The van der Waals surface area contributed by atoms with Gasteiger partial charge < -0.3 is 25.0 Å². The van der Waals surface area contributed by atoms with Crippen LogP contribution in [0.2, 0.25) is 0 Å². The highest BCUT2D eigenvalue weighted by atomic mass is 127. The number of hydrogen-bond acceptors (Lipinski definition) is 4. The summed E-state index contributed by atoms with van der Waals surface area (Å²) < 4.78 is 5.47. The standard InChI is InChI=1S/C18H30N4O2.HI/c1-4-19-18(20-13-15(2)14-23)22-11-9-21(10-12-22)16-7-5-6-8-17(16)24-3;/h5-8,15,23H,4,9-14H2,1-3H3,(H,19,20);1H. The smallest absolute Gasteiger partial charge is 0.194 e. The molecule has 142 valence electrons. The van der Waals surface area contributed by atoms with Crippen LogP contribution in [0.25, 0.3) is 0 Å². The number of methoxy groups -OCH3 is 1. The van der Waals surface area contributed by atoms with Gasteiger partial charge in [0.2, 0.25) is 0 Å². The van der Waals surface area contributed by atoms with Crippen molar-refractivity contribution >= 4 is 35.6 Å². The van der Waals surface area contributed by atoms with Gasteiger partial charge in [0.05, 0.1) is 12.8 Å². The lowest BCUT2D eigenvalue weighted by Gasteiger charge is -2.38. The van der Waals surface area contributed by atoms with Crippen LogP contribution < -0.4 is 15.0 Å². The van der Waals surface area contributed by atoms with Crippen LogP contribution in [0.15, 0.2) is 29.3 Å². The minimum absolute atomic E-state index is 0. The van der Waals surface area contributed by atoms with Crippen LogP contribution in [0, 0.1) is 5.92 Å². The molecule has 1 atom stereocenters. The molecule has 0 aromatic heterocycles. The van der Waals surface area contributed by atoms with Gasteiger partial charge in [-0.15, -0.1) is 24.0 Å². The third-order valence-electron chi connectivity index (χ3n) is 4.20. The van der Waals surface area contributed by atoms with E-state index in [0.717, 1.165) is 50.1 Å². The number of nitrogens with zero attached hydrogens (tertiary/aromatic N) is 3. The van der Waals surface area contributed by atoms with Crippen molar-refractivity contribution in [1.29, 1.82) is 0 Å². The van der Waals surface area contributed by atoms with E-state index < -0.39 is 0 Å². The summed E-state index contributed by atoms with van der Waals surface area (Å²) in [6.45, 7) is 9.44. The first-order chi connectivity index (χ1) is 11.7. The van der Waals surface area contributed by atoms with Gasteiger partial charge in [-0.3, -0.25) is 4.99 Å². The topological polar surface area (TPSA) is 60.3 Å². The molecule has 25 heavy (non-hydrogen) atoms. The number of ether oxygens (including phenoxy) is 1. The normalized spacial score (nSPS) is 16.2. The Morgan fingerprint density at radius 1 is 1.28 bits per heavy atom. The van der Waals surface area contributed by atoms with E-state index in [1.54, 1.807) is 7.11 Å². The molecule has 1 aliphatic rings. The summed E-state index contributed by atoms with van der Waals surface area (Å²) in [6, 6.07) is 8.16. The molecule has 6 nitrogen and oxygen atoms in total. The Morgan fingerprint density at radius 2 is 1.96 bits per heavy atom. The molecule has 0 radical (unpaired) electrons. The molecular formula is C18H31IN4O2. The highest BCUT2D eigenvalue weighted by Gasteiger charge is 2.21. The van der Waals surface area contributed by atoms with Gasteiger partial charge >= 0.3 is 0 Å². The van der Waals surface area contributed by atoms with Gasteiger partial charge in [0.15, 0.2) is 5.96 Å². The molecule has 1 unspecified atom stereocenters. The molecule has 1 heterocycles. The van der Waals surface area contributed by atoms with Gasteiger partial charge in [0.25, 0.3) is 0 Å². The van der Waals surface area contributed by atoms with E-state index in [9.17, 15) is 5.11 Å². The molecule has 1 aromatic carbocycles. The van der Waals surface area contributed by atoms with Crippen LogP contribution in [-0.4, -0.2) is 69.0 Å². The number of rotatable bonds is 6. The van der Waals surface area contributed by atoms with E-state index in [2.05, 4.69) is 33.1 Å². The van der Waals surface area contributed by atoms with Crippen LogP contribution >= 0.6 is 24.0 Å². The van der Waals surface area contributed by atoms with Crippen molar-refractivity contribution in [2.75, 3.05) is 57.9 Å². The Kier molecular flexibility index (Phi) is 9.96. The zero-order valence-electron chi connectivity index (χ0n) is 15.4. The molecule has 0 saturated carbocycles. The first kappa shape index (κ1) is 21.8. The molecular weight excluding hydrogens is 431 g/mol. The van der Waals surface area contributed by atoms with E-state index in [-0.39, 0.29) is 36.5 Å². The average molecular weight is 462 g/mol. The third-order valence-corrected chi connectivity index (χ3v) is 4.20. The Labute approximate surface area is 168 Å². The van der Waals surface area contributed by atoms with Crippen molar-refractivity contribution in [2.24, 2.45) is 10.9 Å². The highest BCUT2D eigenvalue weighted by molar-refractivity contribution is 14.0. The fourth-order valence-electron chi connectivity index (χ4n) is 2.78. The number of benzene rings is 1. The number of nitrogens with one attached hydrogen (secondary N) is 1. The minimum atomic E-state index is 0. The molecule has 1 saturated heterocycles. The molecule has 0 bridgehead atoms. The third kappa shape index (κ3) is 6.22. The zero-order chi connectivity index (χ0) is 17.4. The average Bonchev–Trinajstić information content (AvgIpc) is 2.65. The Balaban J connectivity index is 0.00000312. The largest absolute Gasteiger partial charge is 0.495 e. The van der Waals surface area contributed by atoms with E-state index >= 15 is 0 Å².